The van der Waals surface area contributed by atoms with E-state index >= 15 is 0 Å². The molecular formula is C9H13NO3. The predicted molar refractivity (Wildman–Crippen MR) is 46.9 cm³/mol. The lowest BCUT2D eigenvalue weighted by atomic mass is 9.92. The highest BCUT2D eigenvalue weighted by molar-refractivity contribution is 5.97. The van der Waals surface area contributed by atoms with E-state index in [1.807, 2.05) is 0 Å². The van der Waals surface area contributed by atoms with Crippen molar-refractivity contribution in [3.05, 3.63) is 11.3 Å². The van der Waals surface area contributed by atoms with Gasteiger partial charge in [-0.2, -0.15) is 0 Å². The van der Waals surface area contributed by atoms with Gasteiger partial charge in [-0.25, -0.2) is 0 Å². The molecule has 0 spiro atoms. The number of rotatable bonds is 3. The van der Waals surface area contributed by atoms with Crippen LogP contribution in [0.25, 0.3) is 0 Å². The molecule has 4 nitrogen and oxygen atoms in total. The van der Waals surface area contributed by atoms with E-state index < -0.39 is 5.97 Å². The molecule has 0 bridgehead atoms. The van der Waals surface area contributed by atoms with E-state index in [1.165, 1.54) is 0 Å². The lowest BCUT2D eigenvalue weighted by molar-refractivity contribution is -0.136. The molecule has 3 N–H and O–H groups in total. The highest BCUT2D eigenvalue weighted by atomic mass is 16.4. The highest BCUT2D eigenvalue weighted by Crippen LogP contribution is 2.21. The van der Waals surface area contributed by atoms with E-state index in [-0.39, 0.29) is 18.6 Å². The molecule has 0 saturated heterocycles. The van der Waals surface area contributed by atoms with E-state index in [2.05, 4.69) is 0 Å². The maximum atomic E-state index is 11.3. The first-order chi connectivity index (χ1) is 6.11. The maximum Gasteiger partial charge on any atom is 0.303 e. The van der Waals surface area contributed by atoms with E-state index in [1.54, 1.807) is 0 Å². The Kier molecular flexibility index (Phi) is 3.06. The van der Waals surface area contributed by atoms with Gasteiger partial charge in [-0.1, -0.05) is 0 Å². The van der Waals surface area contributed by atoms with Gasteiger partial charge in [0.2, 0.25) is 0 Å². The Bertz CT molecular complexity index is 268. The maximum absolute atomic E-state index is 11.3. The molecule has 0 aromatic rings. The number of carboxylic acids is 1. The van der Waals surface area contributed by atoms with Crippen LogP contribution in [0.2, 0.25) is 0 Å². The van der Waals surface area contributed by atoms with Gasteiger partial charge < -0.3 is 10.8 Å². The summed E-state index contributed by atoms with van der Waals surface area (Å²) in [5, 5.41) is 8.44. The fraction of sp³-hybridized carbons (Fsp3) is 0.556. The van der Waals surface area contributed by atoms with Gasteiger partial charge >= 0.3 is 5.97 Å². The first-order valence-corrected chi connectivity index (χ1v) is 4.33. The molecule has 13 heavy (non-hydrogen) atoms. The molecule has 0 aliphatic heterocycles. The molecule has 0 radical (unpaired) electrons. The number of Topliss-reactive ketones (excluding diaryl/α,β-unsaturated/α-hetero) is 1. The smallest absolute Gasteiger partial charge is 0.303 e. The monoisotopic (exact) mass is 183 g/mol. The summed E-state index contributed by atoms with van der Waals surface area (Å²) in [6, 6.07) is 0. The number of ketones is 1. The molecule has 4 heteroatoms. The van der Waals surface area contributed by atoms with Crippen LogP contribution in [0.1, 0.15) is 32.1 Å². The summed E-state index contributed by atoms with van der Waals surface area (Å²) in [6.07, 6.45) is 2.29. The number of carboxylic acid groups (broad SMARTS) is 1. The summed E-state index contributed by atoms with van der Waals surface area (Å²) < 4.78 is 0. The van der Waals surface area contributed by atoms with Gasteiger partial charge in [0.25, 0.3) is 0 Å². The summed E-state index contributed by atoms with van der Waals surface area (Å²) in [4.78, 5) is 21.6. The molecule has 0 aromatic carbocycles. The molecular weight excluding hydrogens is 170 g/mol. The number of hydrogen-bond donors (Lipinski definition) is 2. The van der Waals surface area contributed by atoms with Gasteiger partial charge in [0.05, 0.1) is 0 Å². The van der Waals surface area contributed by atoms with Crippen molar-refractivity contribution in [1.29, 1.82) is 0 Å². The van der Waals surface area contributed by atoms with Crippen molar-refractivity contribution < 1.29 is 14.7 Å². The number of nitrogens with two attached hydrogens (primary N) is 1. The Morgan fingerprint density at radius 3 is 2.69 bits per heavy atom. The Balaban J connectivity index is 2.63. The first-order valence-electron chi connectivity index (χ1n) is 4.33. The van der Waals surface area contributed by atoms with E-state index in [4.69, 9.17) is 10.8 Å². The second-order valence-electron chi connectivity index (χ2n) is 3.17. The van der Waals surface area contributed by atoms with Crippen LogP contribution in [0, 0.1) is 0 Å². The van der Waals surface area contributed by atoms with Crippen LogP contribution in [0.15, 0.2) is 11.3 Å². The van der Waals surface area contributed by atoms with Crippen molar-refractivity contribution in [3.8, 4) is 0 Å². The second-order valence-corrected chi connectivity index (χ2v) is 3.17. The quantitative estimate of drug-likeness (QED) is 0.678. The molecule has 72 valence electrons. The molecule has 1 aliphatic rings. The number of carbonyl (C=O) groups is 2. The van der Waals surface area contributed by atoms with Crippen LogP contribution >= 0.6 is 0 Å². The minimum atomic E-state index is -0.890. The van der Waals surface area contributed by atoms with Crippen molar-refractivity contribution in [1.82, 2.24) is 0 Å². The Hall–Kier alpha value is -1.32. The number of aliphatic carboxylic acids is 1. The number of allylic oxidation sites excluding steroid dienone is 2. The Labute approximate surface area is 76.4 Å². The van der Waals surface area contributed by atoms with E-state index in [9.17, 15) is 9.59 Å². The van der Waals surface area contributed by atoms with Crippen LogP contribution in [0.3, 0.4) is 0 Å². The zero-order valence-corrected chi connectivity index (χ0v) is 7.38. The van der Waals surface area contributed by atoms with Gasteiger partial charge in [-0.3, -0.25) is 9.59 Å². The average Bonchev–Trinajstić information content (AvgIpc) is 2.03. The third kappa shape index (κ3) is 2.57. The van der Waals surface area contributed by atoms with Crippen LogP contribution in [-0.4, -0.2) is 16.9 Å². The number of carbonyl (C=O) groups excluding carboxylic acids is 1. The van der Waals surface area contributed by atoms with Crippen molar-refractivity contribution in [2.24, 2.45) is 5.73 Å². The van der Waals surface area contributed by atoms with E-state index in [0.29, 0.717) is 17.7 Å². The zero-order valence-electron chi connectivity index (χ0n) is 7.38. The SMILES string of the molecule is NC1=C(CCC(=O)O)C(=O)CCC1. The minimum absolute atomic E-state index is 0.0121. The Morgan fingerprint density at radius 1 is 1.46 bits per heavy atom. The van der Waals surface area contributed by atoms with Crippen molar-refractivity contribution in [2.75, 3.05) is 0 Å². The summed E-state index contributed by atoms with van der Waals surface area (Å²) >= 11 is 0. The van der Waals surface area contributed by atoms with Crippen molar-refractivity contribution >= 4 is 11.8 Å². The van der Waals surface area contributed by atoms with Crippen molar-refractivity contribution in [3.63, 3.8) is 0 Å². The highest BCUT2D eigenvalue weighted by Gasteiger charge is 2.18. The summed E-state index contributed by atoms with van der Waals surface area (Å²) in [5.41, 5.74) is 6.74. The van der Waals surface area contributed by atoms with Crippen LogP contribution in [-0.2, 0) is 9.59 Å². The molecule has 0 fully saturated rings. The molecule has 0 heterocycles. The van der Waals surface area contributed by atoms with Crippen LogP contribution < -0.4 is 5.73 Å². The standard InChI is InChI=1S/C9H13NO3/c10-7-2-1-3-8(11)6(7)4-5-9(12)13/h1-5,10H2,(H,12,13). The third-order valence-electron chi connectivity index (χ3n) is 2.16. The van der Waals surface area contributed by atoms with E-state index in [0.717, 1.165) is 12.8 Å². The fourth-order valence-corrected chi connectivity index (χ4v) is 1.45. The van der Waals surface area contributed by atoms with Crippen LogP contribution in [0.5, 0.6) is 0 Å². The molecule has 0 saturated carbocycles. The van der Waals surface area contributed by atoms with Crippen LogP contribution in [0.4, 0.5) is 0 Å². The Morgan fingerprint density at radius 2 is 2.15 bits per heavy atom. The van der Waals surface area contributed by atoms with Gasteiger partial charge in [0, 0.05) is 24.1 Å². The van der Waals surface area contributed by atoms with Gasteiger partial charge in [-0.05, 0) is 19.3 Å². The molecule has 0 atom stereocenters. The second kappa shape index (κ2) is 4.07. The lowest BCUT2D eigenvalue weighted by Crippen LogP contribution is -2.17. The summed E-state index contributed by atoms with van der Waals surface area (Å²) in [7, 11) is 0. The van der Waals surface area contributed by atoms with Crippen molar-refractivity contribution in [2.45, 2.75) is 32.1 Å². The molecule has 0 aromatic heterocycles. The topological polar surface area (TPSA) is 80.4 Å². The van der Waals surface area contributed by atoms with Gasteiger partial charge in [0.15, 0.2) is 5.78 Å². The third-order valence-corrected chi connectivity index (χ3v) is 2.16. The molecule has 1 rings (SSSR count). The molecule has 0 unspecified atom stereocenters. The molecule has 1 aliphatic carbocycles. The predicted octanol–water partition coefficient (Wildman–Crippen LogP) is 0.817. The average molecular weight is 183 g/mol. The fourth-order valence-electron chi connectivity index (χ4n) is 1.45. The summed E-state index contributed by atoms with van der Waals surface area (Å²) in [5.74, 6) is -0.872. The van der Waals surface area contributed by atoms with Gasteiger partial charge in [0.1, 0.15) is 0 Å². The first kappa shape index (κ1) is 9.77. The summed E-state index contributed by atoms with van der Waals surface area (Å²) in [6.45, 7) is 0. The number of hydrogen-bond acceptors (Lipinski definition) is 3. The minimum Gasteiger partial charge on any atom is -0.481 e. The zero-order chi connectivity index (χ0) is 9.84. The molecule has 0 amide bonds. The van der Waals surface area contributed by atoms with Gasteiger partial charge in [-0.15, -0.1) is 0 Å². The largest absolute Gasteiger partial charge is 0.481 e. The lowest BCUT2D eigenvalue weighted by Gasteiger charge is -2.15. The normalized spacial score (nSPS) is 17.7.